The molecule has 5 rings (SSSR count). The van der Waals surface area contributed by atoms with Crippen LogP contribution in [0.1, 0.15) is 17.5 Å². The van der Waals surface area contributed by atoms with Gasteiger partial charge in [-0.2, -0.15) is 5.10 Å². The summed E-state index contributed by atoms with van der Waals surface area (Å²) in [4.78, 5) is 28.8. The number of ether oxygens (including phenoxy) is 3. The highest BCUT2D eigenvalue weighted by Gasteiger charge is 2.18. The SMILES string of the molecule is COCCn1cc(C2=NC(Cc3cccc(-c4ncc(OCCN5CCOCC5)cn4)c3)CC(=O)C=C2)cn1. The Balaban J connectivity index is 1.22. The molecule has 4 heterocycles. The fraction of sp³-hybridized carbons (Fsp3) is 0.414. The zero-order valence-corrected chi connectivity index (χ0v) is 22.2. The molecule has 0 bridgehead atoms. The second-order valence-electron chi connectivity index (χ2n) is 9.61. The van der Waals surface area contributed by atoms with E-state index in [1.807, 2.05) is 29.1 Å². The van der Waals surface area contributed by atoms with Crippen molar-refractivity contribution < 1.29 is 19.0 Å². The zero-order valence-electron chi connectivity index (χ0n) is 22.2. The number of allylic oxidation sites excluding steroid dienone is 2. The standard InChI is InChI=1S/C29H34N6O4/c1-37-11-10-35-21-24(18-32-35)28-6-5-26(36)17-25(33-28)16-22-3-2-4-23(15-22)29-30-19-27(20-31-29)39-14-9-34-7-12-38-13-8-34/h2-6,15,18-21,25H,7-14,16-17H2,1H3. The van der Waals surface area contributed by atoms with Gasteiger partial charge in [-0.3, -0.25) is 19.4 Å². The minimum atomic E-state index is -0.178. The number of hydrogen-bond acceptors (Lipinski definition) is 9. The fourth-order valence-corrected chi connectivity index (χ4v) is 4.62. The second-order valence-corrected chi connectivity index (χ2v) is 9.61. The van der Waals surface area contributed by atoms with Gasteiger partial charge in [-0.25, -0.2) is 9.97 Å². The average Bonchev–Trinajstić information content (AvgIpc) is 3.36. The van der Waals surface area contributed by atoms with Crippen LogP contribution < -0.4 is 4.74 Å². The van der Waals surface area contributed by atoms with Crippen LogP contribution in [-0.2, 0) is 27.2 Å². The van der Waals surface area contributed by atoms with Crippen molar-refractivity contribution in [2.24, 2.45) is 4.99 Å². The van der Waals surface area contributed by atoms with Crippen LogP contribution in [0.2, 0.25) is 0 Å². The molecule has 39 heavy (non-hydrogen) atoms. The lowest BCUT2D eigenvalue weighted by atomic mass is 10.00. The third-order valence-electron chi connectivity index (χ3n) is 6.70. The van der Waals surface area contributed by atoms with Crippen molar-refractivity contribution in [2.75, 3.05) is 53.2 Å². The summed E-state index contributed by atoms with van der Waals surface area (Å²) in [6.45, 7) is 6.11. The highest BCUT2D eigenvalue weighted by atomic mass is 16.5. The zero-order chi connectivity index (χ0) is 26.9. The van der Waals surface area contributed by atoms with Gasteiger partial charge in [-0.05, 0) is 30.2 Å². The van der Waals surface area contributed by atoms with Crippen molar-refractivity contribution in [3.8, 4) is 17.1 Å². The Labute approximate surface area is 228 Å². The number of carbonyl (C=O) groups is 1. The number of aliphatic imine (C=N–C) groups is 1. The smallest absolute Gasteiger partial charge is 0.159 e. The Hall–Kier alpha value is -3.73. The Morgan fingerprint density at radius 2 is 1.87 bits per heavy atom. The van der Waals surface area contributed by atoms with E-state index in [1.54, 1.807) is 37.9 Å². The van der Waals surface area contributed by atoms with Gasteiger partial charge in [0.15, 0.2) is 17.4 Å². The van der Waals surface area contributed by atoms with Crippen molar-refractivity contribution >= 4 is 11.5 Å². The maximum atomic E-state index is 12.5. The predicted molar refractivity (Wildman–Crippen MR) is 147 cm³/mol. The van der Waals surface area contributed by atoms with Gasteiger partial charge in [0, 0.05) is 50.5 Å². The minimum Gasteiger partial charge on any atom is -0.489 e. The van der Waals surface area contributed by atoms with Gasteiger partial charge in [-0.15, -0.1) is 0 Å². The van der Waals surface area contributed by atoms with Crippen molar-refractivity contribution in [1.29, 1.82) is 0 Å². The molecule has 10 nitrogen and oxygen atoms in total. The van der Waals surface area contributed by atoms with E-state index >= 15 is 0 Å². The van der Waals surface area contributed by atoms with Crippen molar-refractivity contribution in [3.63, 3.8) is 0 Å². The van der Waals surface area contributed by atoms with Crippen LogP contribution in [0.5, 0.6) is 5.75 Å². The first-order valence-electron chi connectivity index (χ1n) is 13.3. The first kappa shape index (κ1) is 26.9. The van der Waals surface area contributed by atoms with E-state index < -0.39 is 0 Å². The molecule has 2 aliphatic heterocycles. The minimum absolute atomic E-state index is 0.0641. The van der Waals surface area contributed by atoms with Gasteiger partial charge < -0.3 is 14.2 Å². The van der Waals surface area contributed by atoms with Crippen LogP contribution >= 0.6 is 0 Å². The number of hydrogen-bond donors (Lipinski definition) is 0. The summed E-state index contributed by atoms with van der Waals surface area (Å²) in [7, 11) is 1.66. The quantitative estimate of drug-likeness (QED) is 0.373. The highest BCUT2D eigenvalue weighted by Crippen LogP contribution is 2.21. The molecule has 1 fully saturated rings. The van der Waals surface area contributed by atoms with E-state index in [4.69, 9.17) is 19.2 Å². The lowest BCUT2D eigenvalue weighted by Crippen LogP contribution is -2.38. The molecular formula is C29H34N6O4. The number of rotatable bonds is 11. The first-order chi connectivity index (χ1) is 19.2. The molecule has 2 aliphatic rings. The Bertz CT molecular complexity index is 1300. The molecule has 1 saturated heterocycles. The topological polar surface area (TPSA) is 104 Å². The molecule has 0 radical (unpaired) electrons. The van der Waals surface area contributed by atoms with E-state index in [-0.39, 0.29) is 11.8 Å². The van der Waals surface area contributed by atoms with Crippen molar-refractivity contribution in [2.45, 2.75) is 25.4 Å². The number of aromatic nitrogens is 4. The molecule has 0 aliphatic carbocycles. The highest BCUT2D eigenvalue weighted by molar-refractivity contribution is 6.12. The third-order valence-corrected chi connectivity index (χ3v) is 6.70. The van der Waals surface area contributed by atoms with Gasteiger partial charge in [0.25, 0.3) is 0 Å². The average molecular weight is 531 g/mol. The maximum Gasteiger partial charge on any atom is 0.159 e. The molecular weight excluding hydrogens is 496 g/mol. The number of carbonyl (C=O) groups excluding carboxylic acids is 1. The van der Waals surface area contributed by atoms with Crippen LogP contribution in [0.25, 0.3) is 11.4 Å². The molecule has 1 unspecified atom stereocenters. The number of nitrogens with zero attached hydrogens (tertiary/aromatic N) is 6. The summed E-state index contributed by atoms with van der Waals surface area (Å²) < 4.78 is 18.2. The van der Waals surface area contributed by atoms with E-state index in [2.05, 4.69) is 26.0 Å². The van der Waals surface area contributed by atoms with Crippen molar-refractivity contribution in [1.82, 2.24) is 24.6 Å². The Kier molecular flexibility index (Phi) is 9.21. The number of methoxy groups -OCH3 is 1. The van der Waals surface area contributed by atoms with Gasteiger partial charge in [0.1, 0.15) is 6.61 Å². The largest absolute Gasteiger partial charge is 0.489 e. The van der Waals surface area contributed by atoms with E-state index in [9.17, 15) is 4.79 Å². The summed E-state index contributed by atoms with van der Waals surface area (Å²) >= 11 is 0. The van der Waals surface area contributed by atoms with Crippen LogP contribution in [-0.4, -0.2) is 95.4 Å². The summed E-state index contributed by atoms with van der Waals surface area (Å²) in [6.07, 6.45) is 11.5. The molecule has 204 valence electrons. The first-order valence-corrected chi connectivity index (χ1v) is 13.3. The summed E-state index contributed by atoms with van der Waals surface area (Å²) in [5, 5.41) is 4.38. The van der Waals surface area contributed by atoms with Crippen LogP contribution in [0.4, 0.5) is 0 Å². The normalized spacial score (nSPS) is 18.1. The lowest BCUT2D eigenvalue weighted by Gasteiger charge is -2.26. The van der Waals surface area contributed by atoms with Crippen LogP contribution in [0, 0.1) is 0 Å². The number of ketones is 1. The monoisotopic (exact) mass is 530 g/mol. The molecule has 10 heteroatoms. The van der Waals surface area contributed by atoms with E-state index in [1.165, 1.54) is 0 Å². The fourth-order valence-electron chi connectivity index (χ4n) is 4.62. The number of morpholine rings is 1. The van der Waals surface area contributed by atoms with Gasteiger partial charge in [0.2, 0.25) is 0 Å². The van der Waals surface area contributed by atoms with Gasteiger partial charge in [0.05, 0.1) is 56.7 Å². The summed E-state index contributed by atoms with van der Waals surface area (Å²) in [6, 6.07) is 7.91. The number of benzene rings is 1. The van der Waals surface area contributed by atoms with Crippen LogP contribution in [0.3, 0.4) is 0 Å². The molecule has 0 spiro atoms. The summed E-state index contributed by atoms with van der Waals surface area (Å²) in [5.41, 5.74) is 3.63. The molecule has 1 atom stereocenters. The molecule has 0 N–H and O–H groups in total. The Morgan fingerprint density at radius 1 is 1.03 bits per heavy atom. The van der Waals surface area contributed by atoms with Gasteiger partial charge in [-0.1, -0.05) is 18.2 Å². The van der Waals surface area contributed by atoms with Crippen LogP contribution in [0.15, 0.2) is 66.2 Å². The molecule has 2 aromatic heterocycles. The molecule has 3 aromatic rings. The Morgan fingerprint density at radius 3 is 2.69 bits per heavy atom. The molecule has 0 saturated carbocycles. The lowest BCUT2D eigenvalue weighted by molar-refractivity contribution is -0.114. The van der Waals surface area contributed by atoms with E-state index in [0.717, 1.165) is 55.3 Å². The summed E-state index contributed by atoms with van der Waals surface area (Å²) in [5.74, 6) is 1.35. The van der Waals surface area contributed by atoms with Crippen molar-refractivity contribution in [3.05, 3.63) is 72.3 Å². The molecule has 0 amide bonds. The third kappa shape index (κ3) is 7.66. The molecule has 1 aromatic carbocycles. The predicted octanol–water partition coefficient (Wildman–Crippen LogP) is 2.63. The van der Waals surface area contributed by atoms with Gasteiger partial charge >= 0.3 is 0 Å². The van der Waals surface area contributed by atoms with E-state index in [0.29, 0.717) is 44.2 Å². The second kappa shape index (κ2) is 13.4. The maximum absolute atomic E-state index is 12.5.